The van der Waals surface area contributed by atoms with E-state index in [0.717, 1.165) is 19.3 Å². The largest absolute Gasteiger partial charge is 0.444 e. The highest BCUT2D eigenvalue weighted by Gasteiger charge is 2.57. The number of ether oxygens (including phenoxy) is 1. The number of carbonyl (C=O) groups is 2. The van der Waals surface area contributed by atoms with Crippen LogP contribution in [0.25, 0.3) is 0 Å². The zero-order valence-electron chi connectivity index (χ0n) is 17.4. The van der Waals surface area contributed by atoms with Crippen molar-refractivity contribution in [1.82, 2.24) is 4.90 Å². The normalized spacial score (nSPS) is 33.8. The number of hydrogen-bond donors (Lipinski definition) is 0. The Morgan fingerprint density at radius 2 is 1.88 bits per heavy atom. The van der Waals surface area contributed by atoms with Gasteiger partial charge in [0.2, 0.25) is 0 Å². The fourth-order valence-corrected chi connectivity index (χ4v) is 5.35. The molecule has 0 saturated heterocycles. The highest BCUT2D eigenvalue weighted by molar-refractivity contribution is 5.89. The molecule has 0 aromatic carbocycles. The average molecular weight is 363 g/mol. The minimum absolute atomic E-state index is 0.0837. The van der Waals surface area contributed by atoms with E-state index in [9.17, 15) is 14.9 Å². The van der Waals surface area contributed by atoms with E-state index in [1.807, 2.05) is 46.4 Å². The summed E-state index contributed by atoms with van der Waals surface area (Å²) in [5.41, 5.74) is -1.12. The SMILES string of the molecule is CCN(C(=O)OC(C)(C)C)[C@H]1CC[C@H]2C(C)(C)C(=O)C(C#N)C[C@]2(C)C1. The van der Waals surface area contributed by atoms with Gasteiger partial charge in [-0.05, 0) is 64.7 Å². The van der Waals surface area contributed by atoms with E-state index < -0.39 is 16.9 Å². The van der Waals surface area contributed by atoms with E-state index in [0.29, 0.717) is 13.0 Å². The van der Waals surface area contributed by atoms with Gasteiger partial charge in [-0.15, -0.1) is 0 Å². The summed E-state index contributed by atoms with van der Waals surface area (Å²) < 4.78 is 5.59. The van der Waals surface area contributed by atoms with Crippen LogP contribution >= 0.6 is 0 Å². The van der Waals surface area contributed by atoms with Crippen molar-refractivity contribution in [2.75, 3.05) is 6.54 Å². The molecular weight excluding hydrogens is 328 g/mol. The van der Waals surface area contributed by atoms with Gasteiger partial charge in [0.1, 0.15) is 11.5 Å². The van der Waals surface area contributed by atoms with Crippen molar-refractivity contribution in [1.29, 1.82) is 5.26 Å². The molecule has 5 nitrogen and oxygen atoms in total. The third-order valence-corrected chi connectivity index (χ3v) is 6.39. The summed E-state index contributed by atoms with van der Waals surface area (Å²) in [6, 6.07) is 2.32. The summed E-state index contributed by atoms with van der Waals surface area (Å²) in [5, 5.41) is 9.48. The number of amides is 1. The second kappa shape index (κ2) is 6.87. The number of nitrogens with zero attached hydrogens (tertiary/aromatic N) is 2. The number of hydrogen-bond acceptors (Lipinski definition) is 4. The lowest BCUT2D eigenvalue weighted by molar-refractivity contribution is -0.149. The fraction of sp³-hybridized carbons (Fsp3) is 0.857. The van der Waals surface area contributed by atoms with Crippen LogP contribution in [0.4, 0.5) is 4.79 Å². The Morgan fingerprint density at radius 1 is 1.27 bits per heavy atom. The van der Waals surface area contributed by atoms with E-state index in [2.05, 4.69) is 13.0 Å². The molecule has 0 aliphatic heterocycles. The van der Waals surface area contributed by atoms with Gasteiger partial charge in [0, 0.05) is 18.0 Å². The number of ketones is 1. The summed E-state index contributed by atoms with van der Waals surface area (Å²) in [5.74, 6) is -0.206. The Hall–Kier alpha value is -1.57. The van der Waals surface area contributed by atoms with Gasteiger partial charge >= 0.3 is 6.09 Å². The molecule has 1 unspecified atom stereocenters. The van der Waals surface area contributed by atoms with Gasteiger partial charge in [0.05, 0.1) is 6.07 Å². The molecule has 5 heteroatoms. The van der Waals surface area contributed by atoms with Gasteiger partial charge in [-0.25, -0.2) is 4.79 Å². The first-order valence-electron chi connectivity index (χ1n) is 9.79. The van der Waals surface area contributed by atoms with Gasteiger partial charge in [0.25, 0.3) is 0 Å². The maximum absolute atomic E-state index is 12.7. The van der Waals surface area contributed by atoms with E-state index in [-0.39, 0.29) is 29.3 Å². The van der Waals surface area contributed by atoms with Crippen molar-refractivity contribution >= 4 is 11.9 Å². The maximum Gasteiger partial charge on any atom is 0.410 e. The number of rotatable bonds is 2. The Balaban J connectivity index is 2.24. The third-order valence-electron chi connectivity index (χ3n) is 6.39. The summed E-state index contributed by atoms with van der Waals surface area (Å²) in [6.45, 7) is 14.4. The lowest BCUT2D eigenvalue weighted by Gasteiger charge is -2.56. The molecule has 4 atom stereocenters. The van der Waals surface area contributed by atoms with Crippen LogP contribution in [0.15, 0.2) is 0 Å². The van der Waals surface area contributed by atoms with Gasteiger partial charge < -0.3 is 9.64 Å². The predicted octanol–water partition coefficient (Wildman–Crippen LogP) is 4.56. The molecule has 0 spiro atoms. The molecule has 0 bridgehead atoms. The van der Waals surface area contributed by atoms with Crippen LogP contribution in [0.2, 0.25) is 0 Å². The van der Waals surface area contributed by atoms with E-state index >= 15 is 0 Å². The molecule has 2 saturated carbocycles. The fourth-order valence-electron chi connectivity index (χ4n) is 5.35. The Labute approximate surface area is 158 Å². The maximum atomic E-state index is 12.7. The van der Waals surface area contributed by atoms with Crippen molar-refractivity contribution < 1.29 is 14.3 Å². The highest BCUT2D eigenvalue weighted by atomic mass is 16.6. The van der Waals surface area contributed by atoms with Crippen molar-refractivity contribution in [2.24, 2.45) is 22.7 Å². The Morgan fingerprint density at radius 3 is 2.38 bits per heavy atom. The van der Waals surface area contributed by atoms with Gasteiger partial charge in [-0.3, -0.25) is 4.79 Å². The summed E-state index contributed by atoms with van der Waals surface area (Å²) >= 11 is 0. The minimum Gasteiger partial charge on any atom is -0.444 e. The van der Waals surface area contributed by atoms with Crippen LogP contribution in [0, 0.1) is 34.0 Å². The zero-order chi connectivity index (χ0) is 19.9. The lowest BCUT2D eigenvalue weighted by Crippen LogP contribution is -2.57. The molecular formula is C21H34N2O3. The Bertz CT molecular complexity index is 614. The minimum atomic E-state index is -0.540. The van der Waals surface area contributed by atoms with Crippen LogP contribution < -0.4 is 0 Å². The van der Waals surface area contributed by atoms with Crippen LogP contribution in [0.3, 0.4) is 0 Å². The van der Waals surface area contributed by atoms with E-state index in [1.54, 1.807) is 0 Å². The van der Waals surface area contributed by atoms with Crippen molar-refractivity contribution in [3.63, 3.8) is 0 Å². The number of Topliss-reactive ketones (excluding diaryl/α,β-unsaturated/α-hetero) is 1. The van der Waals surface area contributed by atoms with Crippen LogP contribution in [0.5, 0.6) is 0 Å². The molecule has 1 amide bonds. The smallest absolute Gasteiger partial charge is 0.410 e. The summed E-state index contributed by atoms with van der Waals surface area (Å²) in [4.78, 5) is 27.2. The summed E-state index contributed by atoms with van der Waals surface area (Å²) in [7, 11) is 0. The molecule has 0 heterocycles. The van der Waals surface area contributed by atoms with Crippen LogP contribution in [-0.2, 0) is 9.53 Å². The van der Waals surface area contributed by atoms with Gasteiger partial charge in [-0.1, -0.05) is 20.8 Å². The van der Waals surface area contributed by atoms with Crippen molar-refractivity contribution in [3.8, 4) is 6.07 Å². The first-order valence-corrected chi connectivity index (χ1v) is 9.79. The molecule has 0 radical (unpaired) electrons. The van der Waals surface area contributed by atoms with Crippen molar-refractivity contribution in [3.05, 3.63) is 0 Å². The van der Waals surface area contributed by atoms with E-state index in [4.69, 9.17) is 4.74 Å². The quantitative estimate of drug-likeness (QED) is 0.722. The Kier molecular flexibility index (Phi) is 5.48. The molecule has 26 heavy (non-hydrogen) atoms. The van der Waals surface area contributed by atoms with Gasteiger partial charge in [0.15, 0.2) is 5.78 Å². The molecule has 0 N–H and O–H groups in total. The first-order chi connectivity index (χ1) is 11.9. The van der Waals surface area contributed by atoms with Crippen molar-refractivity contribution in [2.45, 2.75) is 85.8 Å². The lowest BCUT2D eigenvalue weighted by atomic mass is 9.48. The summed E-state index contributed by atoms with van der Waals surface area (Å²) in [6.07, 6.45) is 2.92. The standard InChI is InChI=1S/C21H34N2O3/c1-8-23(18(25)26-19(2,3)4)15-9-10-16-20(5,6)17(24)14(13-22)11-21(16,7)12-15/h14-16H,8-12H2,1-7H3/t14?,15-,16-,21+/m0/s1. The first kappa shape index (κ1) is 20.7. The monoisotopic (exact) mass is 362 g/mol. The topological polar surface area (TPSA) is 70.4 Å². The third kappa shape index (κ3) is 3.75. The highest BCUT2D eigenvalue weighted by Crippen LogP contribution is 2.58. The average Bonchev–Trinajstić information content (AvgIpc) is 2.49. The number of nitriles is 1. The van der Waals surface area contributed by atoms with Gasteiger partial charge in [-0.2, -0.15) is 5.26 Å². The second-order valence-corrected chi connectivity index (χ2v) is 9.88. The molecule has 2 aliphatic carbocycles. The van der Waals surface area contributed by atoms with E-state index in [1.165, 1.54) is 0 Å². The molecule has 0 aromatic rings. The van der Waals surface area contributed by atoms with Crippen LogP contribution in [0.1, 0.15) is 74.1 Å². The predicted molar refractivity (Wildman–Crippen MR) is 100 cm³/mol. The molecule has 2 aliphatic rings. The number of fused-ring (bicyclic) bond motifs is 1. The molecule has 146 valence electrons. The molecule has 2 fully saturated rings. The number of carbonyl (C=O) groups excluding carboxylic acids is 2. The molecule has 0 aromatic heterocycles. The second-order valence-electron chi connectivity index (χ2n) is 9.88. The van der Waals surface area contributed by atoms with Crippen LogP contribution in [-0.4, -0.2) is 35.0 Å². The molecule has 2 rings (SSSR count). The zero-order valence-corrected chi connectivity index (χ0v) is 17.4.